The van der Waals surface area contributed by atoms with Crippen molar-refractivity contribution in [1.82, 2.24) is 15.0 Å². The van der Waals surface area contributed by atoms with Crippen molar-refractivity contribution in [3.05, 3.63) is 70.6 Å². The van der Waals surface area contributed by atoms with E-state index in [1.54, 1.807) is 0 Å². The smallest absolute Gasteiger partial charge is 0.232 e. The number of carbonyl (C=O) groups excluding carboxylic acids is 1. The van der Waals surface area contributed by atoms with Gasteiger partial charge in [0.1, 0.15) is 0 Å². The molecule has 0 saturated carbocycles. The van der Waals surface area contributed by atoms with Crippen LogP contribution in [0.5, 0.6) is 0 Å². The van der Waals surface area contributed by atoms with Crippen LogP contribution < -0.4 is 0 Å². The number of hydrogen-bond donors (Lipinski definition) is 0. The molecule has 1 saturated heterocycles. The van der Waals surface area contributed by atoms with Crippen LogP contribution >= 0.6 is 0 Å². The molecule has 0 bridgehead atoms. The minimum Gasteiger partial charge on any atom is -0.339 e. The van der Waals surface area contributed by atoms with E-state index in [0.717, 1.165) is 11.1 Å². The number of rotatable bonds is 5. The lowest BCUT2D eigenvalue weighted by Gasteiger charge is -2.16. The minimum absolute atomic E-state index is 0.0507. The zero-order valence-corrected chi connectivity index (χ0v) is 17.5. The second-order valence-corrected chi connectivity index (χ2v) is 8.33. The van der Waals surface area contributed by atoms with Crippen molar-refractivity contribution in [2.75, 3.05) is 6.54 Å². The largest absolute Gasteiger partial charge is 0.339 e. The Morgan fingerprint density at radius 3 is 2.55 bits per heavy atom. The summed E-state index contributed by atoms with van der Waals surface area (Å²) < 4.78 is 5.52. The fourth-order valence-electron chi connectivity index (χ4n) is 3.72. The van der Waals surface area contributed by atoms with Crippen LogP contribution in [-0.2, 0) is 11.3 Å². The molecule has 1 atom stereocenters. The van der Waals surface area contributed by atoms with Gasteiger partial charge in [0.15, 0.2) is 0 Å². The number of likely N-dealkylation sites (tertiary alicyclic amines) is 1. The van der Waals surface area contributed by atoms with Gasteiger partial charge < -0.3 is 9.42 Å². The van der Waals surface area contributed by atoms with Crippen molar-refractivity contribution >= 4 is 5.91 Å². The van der Waals surface area contributed by atoms with Gasteiger partial charge in [-0.15, -0.1) is 0 Å². The van der Waals surface area contributed by atoms with Crippen LogP contribution in [0.15, 0.2) is 47.0 Å². The van der Waals surface area contributed by atoms with Crippen molar-refractivity contribution in [3.63, 3.8) is 0 Å². The zero-order chi connectivity index (χ0) is 20.5. The molecule has 1 amide bonds. The van der Waals surface area contributed by atoms with Gasteiger partial charge in [-0.1, -0.05) is 55.4 Å². The summed E-state index contributed by atoms with van der Waals surface area (Å²) in [6, 6.07) is 14.6. The van der Waals surface area contributed by atoms with Gasteiger partial charge in [-0.05, 0) is 48.1 Å². The van der Waals surface area contributed by atoms with E-state index in [2.05, 4.69) is 74.2 Å². The lowest BCUT2D eigenvalue weighted by molar-refractivity contribution is -0.128. The van der Waals surface area contributed by atoms with Gasteiger partial charge in [0.25, 0.3) is 0 Å². The molecule has 2 heterocycles. The molecule has 4 rings (SSSR count). The summed E-state index contributed by atoms with van der Waals surface area (Å²) in [4.78, 5) is 19.0. The molecule has 29 heavy (non-hydrogen) atoms. The van der Waals surface area contributed by atoms with E-state index < -0.39 is 0 Å². The summed E-state index contributed by atoms with van der Waals surface area (Å²) in [5.74, 6) is 1.72. The molecule has 0 spiro atoms. The van der Waals surface area contributed by atoms with E-state index in [9.17, 15) is 4.79 Å². The highest BCUT2D eigenvalue weighted by Gasteiger charge is 2.34. The molecule has 5 heteroatoms. The lowest BCUT2D eigenvalue weighted by Crippen LogP contribution is -2.24. The van der Waals surface area contributed by atoms with Gasteiger partial charge in [-0.3, -0.25) is 4.79 Å². The van der Waals surface area contributed by atoms with Crippen LogP contribution in [0.1, 0.15) is 60.2 Å². The van der Waals surface area contributed by atoms with Gasteiger partial charge in [-0.2, -0.15) is 4.98 Å². The van der Waals surface area contributed by atoms with E-state index in [1.807, 2.05) is 11.0 Å². The molecule has 150 valence electrons. The third kappa shape index (κ3) is 4.09. The normalized spacial score (nSPS) is 16.8. The van der Waals surface area contributed by atoms with Crippen molar-refractivity contribution in [2.24, 2.45) is 0 Å². The van der Waals surface area contributed by atoms with E-state index >= 15 is 0 Å². The minimum atomic E-state index is -0.0507. The van der Waals surface area contributed by atoms with Crippen LogP contribution in [0, 0.1) is 13.8 Å². The maximum Gasteiger partial charge on any atom is 0.232 e. The number of aromatic nitrogens is 2. The summed E-state index contributed by atoms with van der Waals surface area (Å²) >= 11 is 0. The zero-order valence-electron chi connectivity index (χ0n) is 17.5. The lowest BCUT2D eigenvalue weighted by atomic mass is 10.0. The Labute approximate surface area is 171 Å². The molecule has 1 unspecified atom stereocenters. The first kappa shape index (κ1) is 19.4. The average Bonchev–Trinajstić information content (AvgIpc) is 3.32. The molecule has 1 aliphatic heterocycles. The van der Waals surface area contributed by atoms with E-state index in [4.69, 9.17) is 4.52 Å². The Morgan fingerprint density at radius 2 is 1.86 bits per heavy atom. The number of aryl methyl sites for hydroxylation is 2. The summed E-state index contributed by atoms with van der Waals surface area (Å²) in [6.07, 6.45) is 0.415. The van der Waals surface area contributed by atoms with Gasteiger partial charge in [-0.25, -0.2) is 0 Å². The Balaban J connectivity index is 1.45. The molecule has 1 fully saturated rings. The number of nitrogens with zero attached hydrogens (tertiary/aromatic N) is 3. The van der Waals surface area contributed by atoms with Gasteiger partial charge >= 0.3 is 0 Å². The fourth-order valence-corrected chi connectivity index (χ4v) is 3.72. The van der Waals surface area contributed by atoms with E-state index in [1.165, 1.54) is 16.7 Å². The maximum absolute atomic E-state index is 12.5. The standard InChI is InChI=1S/C24H27N3O2/c1-15(2)19-9-6-18(7-10-19)13-27-14-21(12-22(27)28)24-25-23(26-29-24)20-8-5-16(3)17(4)11-20/h5-11,15,21H,12-14H2,1-4H3. The summed E-state index contributed by atoms with van der Waals surface area (Å²) in [7, 11) is 0. The van der Waals surface area contributed by atoms with Crippen molar-refractivity contribution in [2.45, 2.75) is 52.5 Å². The SMILES string of the molecule is Cc1ccc(-c2noc(C3CC(=O)N(Cc4ccc(C(C)C)cc4)C3)n2)cc1C. The second-order valence-electron chi connectivity index (χ2n) is 8.33. The number of hydrogen-bond acceptors (Lipinski definition) is 4. The highest BCUT2D eigenvalue weighted by molar-refractivity contribution is 5.79. The topological polar surface area (TPSA) is 59.2 Å². The summed E-state index contributed by atoms with van der Waals surface area (Å²) in [6.45, 7) is 9.74. The fraction of sp³-hybridized carbons (Fsp3) is 0.375. The maximum atomic E-state index is 12.5. The van der Waals surface area contributed by atoms with Crippen LogP contribution in [-0.4, -0.2) is 27.5 Å². The van der Waals surface area contributed by atoms with Crippen molar-refractivity contribution in [3.8, 4) is 11.4 Å². The van der Waals surface area contributed by atoms with E-state index in [-0.39, 0.29) is 11.8 Å². The Bertz CT molecular complexity index is 1020. The predicted octanol–water partition coefficient (Wildman–Crippen LogP) is 4.99. The number of carbonyl (C=O) groups is 1. The first-order valence-electron chi connectivity index (χ1n) is 10.2. The third-order valence-corrected chi connectivity index (χ3v) is 5.79. The number of benzene rings is 2. The third-order valence-electron chi connectivity index (χ3n) is 5.79. The molecule has 0 aliphatic carbocycles. The predicted molar refractivity (Wildman–Crippen MR) is 113 cm³/mol. The average molecular weight is 389 g/mol. The summed E-state index contributed by atoms with van der Waals surface area (Å²) in [5, 5.41) is 4.15. The van der Waals surface area contributed by atoms with Crippen molar-refractivity contribution < 1.29 is 9.32 Å². The van der Waals surface area contributed by atoms with Gasteiger partial charge in [0, 0.05) is 25.1 Å². The Morgan fingerprint density at radius 1 is 1.10 bits per heavy atom. The molecule has 5 nitrogen and oxygen atoms in total. The highest BCUT2D eigenvalue weighted by Crippen LogP contribution is 2.30. The first-order valence-corrected chi connectivity index (χ1v) is 10.2. The van der Waals surface area contributed by atoms with Crippen LogP contribution in [0.2, 0.25) is 0 Å². The molecule has 0 radical (unpaired) electrons. The first-order chi connectivity index (χ1) is 13.9. The molecular weight excluding hydrogens is 362 g/mol. The Kier molecular flexibility index (Phi) is 5.22. The molecular formula is C24H27N3O2. The number of amides is 1. The van der Waals surface area contributed by atoms with Crippen LogP contribution in [0.25, 0.3) is 11.4 Å². The second kappa shape index (κ2) is 7.82. The Hall–Kier alpha value is -2.95. The highest BCUT2D eigenvalue weighted by atomic mass is 16.5. The van der Waals surface area contributed by atoms with Crippen LogP contribution in [0.4, 0.5) is 0 Å². The summed E-state index contributed by atoms with van der Waals surface area (Å²) in [5.41, 5.74) is 5.82. The monoisotopic (exact) mass is 389 g/mol. The quantitative estimate of drug-likeness (QED) is 0.617. The molecule has 1 aliphatic rings. The molecule has 1 aromatic heterocycles. The van der Waals surface area contributed by atoms with Gasteiger partial charge in [0.05, 0.1) is 5.92 Å². The van der Waals surface area contributed by atoms with Crippen LogP contribution in [0.3, 0.4) is 0 Å². The van der Waals surface area contributed by atoms with Crippen molar-refractivity contribution in [1.29, 1.82) is 0 Å². The van der Waals surface area contributed by atoms with E-state index in [0.29, 0.717) is 37.1 Å². The molecule has 0 N–H and O–H groups in total. The molecule has 2 aromatic carbocycles. The molecule has 3 aromatic rings. The van der Waals surface area contributed by atoms with Gasteiger partial charge in [0.2, 0.25) is 17.6 Å².